The van der Waals surface area contributed by atoms with Crippen LogP contribution in [0.25, 0.3) is 0 Å². The Morgan fingerprint density at radius 3 is 2.63 bits per heavy atom. The molecule has 0 radical (unpaired) electrons. The normalized spacial score (nSPS) is 23.7. The van der Waals surface area contributed by atoms with E-state index in [-0.39, 0.29) is 23.9 Å². The Morgan fingerprint density at radius 1 is 1.30 bits per heavy atom. The number of nitrogens with two attached hydrogens (primary N) is 1. The summed E-state index contributed by atoms with van der Waals surface area (Å²) in [5, 5.41) is 12.8. The van der Waals surface area contributed by atoms with Gasteiger partial charge in [0.2, 0.25) is 5.88 Å². The quantitative estimate of drug-likeness (QED) is 0.758. The molecule has 2 unspecified atom stereocenters. The maximum absolute atomic E-state index is 14.2. The Labute approximate surface area is 174 Å². The zero-order valence-electron chi connectivity index (χ0n) is 16.7. The minimum Gasteiger partial charge on any atom is -0.473 e. The van der Waals surface area contributed by atoms with Crippen LogP contribution in [-0.4, -0.2) is 32.3 Å². The van der Waals surface area contributed by atoms with Gasteiger partial charge in [0.1, 0.15) is 11.5 Å². The first-order valence-electron chi connectivity index (χ1n) is 10.1. The molecule has 3 aliphatic rings. The number of ether oxygens (including phenoxy) is 1. The summed E-state index contributed by atoms with van der Waals surface area (Å²) < 4.78 is 37.6. The molecule has 0 saturated carbocycles. The number of carbonyl (C=O) groups is 1. The number of nitrogens with one attached hydrogen (secondary N) is 1. The molecule has 10 heteroatoms. The van der Waals surface area contributed by atoms with E-state index in [1.165, 1.54) is 28.9 Å². The summed E-state index contributed by atoms with van der Waals surface area (Å²) in [6.07, 6.45) is 7.16. The van der Waals surface area contributed by atoms with Crippen LogP contribution in [0.1, 0.15) is 42.0 Å². The van der Waals surface area contributed by atoms with E-state index in [2.05, 4.69) is 20.8 Å². The predicted molar refractivity (Wildman–Crippen MR) is 110 cm³/mol. The predicted octanol–water partition coefficient (Wildman–Crippen LogP) is 2.91. The third-order valence-corrected chi connectivity index (χ3v) is 7.33. The number of nitrogens with zero attached hydrogens (tertiary/aromatic N) is 3. The Hall–Kier alpha value is -2.46. The molecule has 3 N–H and O–H groups in total. The number of halogens is 1. The standard InChI is InChI=1S/C20H24FN5O3S/c1-20(21)10-26-18(29-11-20)16(9-23-26)30(22,28)25-19(27)24-17-14-6-2-4-12(14)8-13-5-3-7-15(13)17/h8-9H,2-7,10-11H2,1H3,(H3,22,24,25,27,28). The maximum Gasteiger partial charge on any atom is 0.354 e. The van der Waals surface area contributed by atoms with Crippen molar-refractivity contribution in [1.29, 1.82) is 0 Å². The second-order valence-corrected chi connectivity index (χ2v) is 10.3. The van der Waals surface area contributed by atoms with Gasteiger partial charge < -0.3 is 10.1 Å². The highest BCUT2D eigenvalue weighted by atomic mass is 32.2. The van der Waals surface area contributed by atoms with Crippen molar-refractivity contribution in [3.63, 3.8) is 0 Å². The van der Waals surface area contributed by atoms with Crippen molar-refractivity contribution in [2.45, 2.75) is 62.6 Å². The Kier molecular flexibility index (Phi) is 4.41. The number of carbonyl (C=O) groups excluding carboxylic acids is 1. The van der Waals surface area contributed by atoms with Crippen LogP contribution >= 0.6 is 0 Å². The number of alkyl halides is 1. The molecule has 1 aromatic heterocycles. The molecule has 2 atom stereocenters. The first-order valence-corrected chi connectivity index (χ1v) is 11.7. The smallest absolute Gasteiger partial charge is 0.354 e. The van der Waals surface area contributed by atoms with E-state index >= 15 is 0 Å². The van der Waals surface area contributed by atoms with Gasteiger partial charge in [-0.05, 0) is 67.7 Å². The SMILES string of the molecule is CC1(F)COc2c(S(N)(=O)=NC(=O)Nc3c4c(cc5c3CCC5)CCC4)cnn2C1. The Bertz CT molecular complexity index is 1150. The Morgan fingerprint density at radius 2 is 1.97 bits per heavy atom. The molecule has 0 spiro atoms. The molecule has 2 aromatic rings. The van der Waals surface area contributed by atoms with Gasteiger partial charge in [0.15, 0.2) is 15.6 Å². The van der Waals surface area contributed by atoms with E-state index in [1.807, 2.05) is 0 Å². The lowest BCUT2D eigenvalue weighted by Crippen LogP contribution is -2.38. The highest BCUT2D eigenvalue weighted by Gasteiger charge is 2.35. The Balaban J connectivity index is 1.47. The fourth-order valence-corrected chi connectivity index (χ4v) is 5.66. The fraction of sp³-hybridized carbons (Fsp3) is 0.500. The molecule has 2 aliphatic carbocycles. The topological polar surface area (TPSA) is 112 Å². The largest absolute Gasteiger partial charge is 0.473 e. The van der Waals surface area contributed by atoms with E-state index in [4.69, 9.17) is 9.88 Å². The van der Waals surface area contributed by atoms with Crippen LogP contribution in [0.4, 0.5) is 14.9 Å². The molecule has 2 amide bonds. The van der Waals surface area contributed by atoms with Crippen LogP contribution < -0.4 is 15.2 Å². The van der Waals surface area contributed by atoms with Crippen molar-refractivity contribution in [3.8, 4) is 5.88 Å². The average Bonchev–Trinajstić information content (AvgIpc) is 3.38. The number of benzene rings is 1. The van der Waals surface area contributed by atoms with Gasteiger partial charge in [0.25, 0.3) is 0 Å². The lowest BCUT2D eigenvalue weighted by molar-refractivity contribution is 0.0411. The monoisotopic (exact) mass is 433 g/mol. The third-order valence-electron chi connectivity index (χ3n) is 5.99. The summed E-state index contributed by atoms with van der Waals surface area (Å²) in [6.45, 7) is 1.13. The van der Waals surface area contributed by atoms with E-state index < -0.39 is 21.6 Å². The minimum absolute atomic E-state index is 0.00308. The van der Waals surface area contributed by atoms with Crippen molar-refractivity contribution in [2.75, 3.05) is 11.9 Å². The number of fused-ring (bicyclic) bond motifs is 3. The van der Waals surface area contributed by atoms with E-state index in [9.17, 15) is 13.4 Å². The molecule has 1 aliphatic heterocycles. The number of hydrogen-bond donors (Lipinski definition) is 2. The van der Waals surface area contributed by atoms with E-state index in [0.29, 0.717) is 0 Å². The zero-order chi connectivity index (χ0) is 21.1. The van der Waals surface area contributed by atoms with Crippen molar-refractivity contribution in [2.24, 2.45) is 9.50 Å². The van der Waals surface area contributed by atoms with Gasteiger partial charge in [-0.25, -0.2) is 23.2 Å². The van der Waals surface area contributed by atoms with E-state index in [1.54, 1.807) is 0 Å². The van der Waals surface area contributed by atoms with Crippen molar-refractivity contribution in [1.82, 2.24) is 9.78 Å². The molecular formula is C20H24FN5O3S. The highest BCUT2D eigenvalue weighted by molar-refractivity contribution is 7.91. The minimum atomic E-state index is -3.61. The number of amides is 2. The van der Waals surface area contributed by atoms with Gasteiger partial charge >= 0.3 is 6.03 Å². The second kappa shape index (κ2) is 6.78. The summed E-state index contributed by atoms with van der Waals surface area (Å²) in [7, 11) is -3.61. The molecule has 160 valence electrons. The number of urea groups is 1. The molecule has 0 saturated heterocycles. The summed E-state index contributed by atoms with van der Waals surface area (Å²) in [5.74, 6) is 0.0932. The molecule has 8 nitrogen and oxygen atoms in total. The van der Waals surface area contributed by atoms with Crippen LogP contribution in [0.3, 0.4) is 0 Å². The number of rotatable bonds is 2. The van der Waals surface area contributed by atoms with Crippen LogP contribution in [-0.2, 0) is 42.1 Å². The molecule has 5 rings (SSSR count). The van der Waals surface area contributed by atoms with Crippen molar-refractivity contribution in [3.05, 3.63) is 34.5 Å². The first-order chi connectivity index (χ1) is 14.2. The van der Waals surface area contributed by atoms with Crippen LogP contribution in [0, 0.1) is 0 Å². The lowest BCUT2D eigenvalue weighted by atomic mass is 9.99. The summed E-state index contributed by atoms with van der Waals surface area (Å²) >= 11 is 0. The van der Waals surface area contributed by atoms with Gasteiger partial charge in [-0.15, -0.1) is 4.36 Å². The summed E-state index contributed by atoms with van der Waals surface area (Å²) in [5.41, 5.74) is 4.06. The highest BCUT2D eigenvalue weighted by Crippen LogP contribution is 2.39. The van der Waals surface area contributed by atoms with Gasteiger partial charge in [-0.3, -0.25) is 0 Å². The van der Waals surface area contributed by atoms with Crippen molar-refractivity contribution < 1.29 is 18.1 Å². The van der Waals surface area contributed by atoms with Gasteiger partial charge in [0.05, 0.1) is 12.7 Å². The molecule has 0 fully saturated rings. The molecule has 2 heterocycles. The molecule has 30 heavy (non-hydrogen) atoms. The molecule has 0 bridgehead atoms. The first kappa shape index (κ1) is 19.5. The third kappa shape index (κ3) is 3.27. The van der Waals surface area contributed by atoms with Crippen molar-refractivity contribution >= 4 is 21.6 Å². The van der Waals surface area contributed by atoms with Gasteiger partial charge in [-0.1, -0.05) is 6.07 Å². The number of hydrogen-bond acceptors (Lipinski definition) is 4. The molecule has 1 aromatic carbocycles. The zero-order valence-corrected chi connectivity index (χ0v) is 17.6. The van der Waals surface area contributed by atoms with Crippen LogP contribution in [0.15, 0.2) is 21.5 Å². The van der Waals surface area contributed by atoms with Crippen LogP contribution in [0.2, 0.25) is 0 Å². The number of aryl methyl sites for hydroxylation is 2. The van der Waals surface area contributed by atoms with Crippen LogP contribution in [0.5, 0.6) is 5.88 Å². The van der Waals surface area contributed by atoms with Gasteiger partial charge in [0, 0.05) is 5.69 Å². The maximum atomic E-state index is 14.2. The summed E-state index contributed by atoms with van der Waals surface area (Å²) in [6, 6.07) is 1.50. The average molecular weight is 434 g/mol. The lowest BCUT2D eigenvalue weighted by Gasteiger charge is -2.27. The van der Waals surface area contributed by atoms with Gasteiger partial charge in [-0.2, -0.15) is 5.10 Å². The second-order valence-electron chi connectivity index (χ2n) is 8.50. The fourth-order valence-electron chi connectivity index (χ4n) is 4.66. The van der Waals surface area contributed by atoms with E-state index in [0.717, 1.165) is 55.3 Å². The number of anilines is 1. The number of aromatic nitrogens is 2. The summed E-state index contributed by atoms with van der Waals surface area (Å²) in [4.78, 5) is 12.7. The molecular weight excluding hydrogens is 409 g/mol.